The summed E-state index contributed by atoms with van der Waals surface area (Å²) in [6.07, 6.45) is 2.54. The molecule has 3 N–H and O–H groups in total. The second kappa shape index (κ2) is 7.33. The maximum Gasteiger partial charge on any atom is 0.317 e. The molecule has 0 radical (unpaired) electrons. The van der Waals surface area contributed by atoms with Gasteiger partial charge in [0.2, 0.25) is 0 Å². The second-order valence-corrected chi connectivity index (χ2v) is 5.47. The molecule has 2 amide bonds. The van der Waals surface area contributed by atoms with Gasteiger partial charge in [0, 0.05) is 20.1 Å². The highest BCUT2D eigenvalue weighted by atomic mass is 16.4. The summed E-state index contributed by atoms with van der Waals surface area (Å²) in [4.78, 5) is 24.0. The number of rotatable bonds is 5. The van der Waals surface area contributed by atoms with Crippen LogP contribution in [-0.2, 0) is 4.79 Å². The number of amides is 2. The molecule has 6 heteroatoms. The van der Waals surface area contributed by atoms with Crippen LogP contribution in [0.2, 0.25) is 0 Å². The van der Waals surface area contributed by atoms with Crippen molar-refractivity contribution in [2.24, 2.45) is 11.8 Å². The van der Waals surface area contributed by atoms with E-state index >= 15 is 0 Å². The van der Waals surface area contributed by atoms with Gasteiger partial charge in [-0.25, -0.2) is 4.79 Å². The van der Waals surface area contributed by atoms with Gasteiger partial charge < -0.3 is 20.4 Å². The summed E-state index contributed by atoms with van der Waals surface area (Å²) in [6.45, 7) is 2.52. The first-order valence-corrected chi connectivity index (χ1v) is 6.80. The zero-order chi connectivity index (χ0) is 14.4. The summed E-state index contributed by atoms with van der Waals surface area (Å²) in [5.41, 5.74) is 0. The summed E-state index contributed by atoms with van der Waals surface area (Å²) in [6, 6.07) is -0.193. The fourth-order valence-corrected chi connectivity index (χ4v) is 2.46. The number of carbonyl (C=O) groups excluding carboxylic acids is 1. The molecule has 0 aromatic heterocycles. The van der Waals surface area contributed by atoms with Crippen LogP contribution in [0, 0.1) is 11.8 Å². The number of carbonyl (C=O) groups is 2. The highest BCUT2D eigenvalue weighted by molar-refractivity contribution is 5.73. The van der Waals surface area contributed by atoms with Gasteiger partial charge in [0.25, 0.3) is 0 Å². The zero-order valence-corrected chi connectivity index (χ0v) is 11.6. The fraction of sp³-hybridized carbons (Fsp3) is 0.846. The number of hydrogen-bond acceptors (Lipinski definition) is 3. The number of hydrogen-bond donors (Lipinski definition) is 3. The van der Waals surface area contributed by atoms with Gasteiger partial charge in [-0.05, 0) is 38.5 Å². The van der Waals surface area contributed by atoms with Crippen molar-refractivity contribution in [2.45, 2.75) is 38.7 Å². The lowest BCUT2D eigenvalue weighted by molar-refractivity contribution is -0.143. The van der Waals surface area contributed by atoms with Crippen LogP contribution >= 0.6 is 0 Å². The van der Waals surface area contributed by atoms with Gasteiger partial charge in [-0.3, -0.25) is 4.79 Å². The lowest BCUT2D eigenvalue weighted by Crippen LogP contribution is -2.42. The minimum Gasteiger partial charge on any atom is -0.481 e. The van der Waals surface area contributed by atoms with Crippen LogP contribution in [0.25, 0.3) is 0 Å². The van der Waals surface area contributed by atoms with Gasteiger partial charge in [0.1, 0.15) is 0 Å². The Kier molecular flexibility index (Phi) is 6.08. The van der Waals surface area contributed by atoms with Gasteiger partial charge >= 0.3 is 12.0 Å². The molecule has 0 bridgehead atoms. The Bertz CT molecular complexity index is 312. The lowest BCUT2D eigenvalue weighted by Gasteiger charge is -2.27. The SMILES string of the molecule is CC(O)CN(C)C(=O)NCC1CCC(C(=O)O)CC1. The largest absolute Gasteiger partial charge is 0.481 e. The molecule has 0 aromatic carbocycles. The molecule has 1 aliphatic carbocycles. The topological polar surface area (TPSA) is 89.9 Å². The van der Waals surface area contributed by atoms with Crippen molar-refractivity contribution in [1.82, 2.24) is 10.2 Å². The number of nitrogens with one attached hydrogen (secondary N) is 1. The van der Waals surface area contributed by atoms with Crippen LogP contribution in [0.1, 0.15) is 32.6 Å². The van der Waals surface area contributed by atoms with E-state index in [1.54, 1.807) is 14.0 Å². The standard InChI is InChI=1S/C13H24N2O4/c1-9(16)8-15(2)13(19)14-7-10-3-5-11(6-4-10)12(17)18/h9-11,16H,3-8H2,1-2H3,(H,14,19)(H,17,18). The van der Waals surface area contributed by atoms with Crippen molar-refractivity contribution < 1.29 is 19.8 Å². The molecular weight excluding hydrogens is 248 g/mol. The van der Waals surface area contributed by atoms with Crippen molar-refractivity contribution in [1.29, 1.82) is 0 Å². The van der Waals surface area contributed by atoms with Crippen molar-refractivity contribution in [3.8, 4) is 0 Å². The number of nitrogens with zero attached hydrogens (tertiary/aromatic N) is 1. The van der Waals surface area contributed by atoms with E-state index in [0.717, 1.165) is 12.8 Å². The minimum absolute atomic E-state index is 0.193. The lowest BCUT2D eigenvalue weighted by atomic mass is 9.82. The van der Waals surface area contributed by atoms with Crippen molar-refractivity contribution in [2.75, 3.05) is 20.1 Å². The van der Waals surface area contributed by atoms with Crippen LogP contribution in [0.15, 0.2) is 0 Å². The predicted octanol–water partition coefficient (Wildman–Crippen LogP) is 0.900. The molecule has 1 aliphatic rings. The molecule has 110 valence electrons. The molecule has 19 heavy (non-hydrogen) atoms. The molecule has 1 atom stereocenters. The van der Waals surface area contributed by atoms with E-state index in [1.165, 1.54) is 4.90 Å². The molecule has 1 rings (SSSR count). The smallest absolute Gasteiger partial charge is 0.317 e. The molecule has 1 saturated carbocycles. The molecule has 0 heterocycles. The average molecular weight is 272 g/mol. The van der Waals surface area contributed by atoms with E-state index in [2.05, 4.69) is 5.32 Å². The van der Waals surface area contributed by atoms with Gasteiger partial charge in [-0.2, -0.15) is 0 Å². The van der Waals surface area contributed by atoms with Crippen LogP contribution in [0.4, 0.5) is 4.79 Å². The van der Waals surface area contributed by atoms with Crippen molar-refractivity contribution in [3.63, 3.8) is 0 Å². The number of urea groups is 1. The molecule has 1 unspecified atom stereocenters. The van der Waals surface area contributed by atoms with Crippen molar-refractivity contribution >= 4 is 12.0 Å². The summed E-state index contributed by atoms with van der Waals surface area (Å²) in [7, 11) is 1.64. The van der Waals surface area contributed by atoms with E-state index in [1.807, 2.05) is 0 Å². The Labute approximate surface area is 113 Å². The fourth-order valence-electron chi connectivity index (χ4n) is 2.46. The maximum atomic E-state index is 11.7. The monoisotopic (exact) mass is 272 g/mol. The van der Waals surface area contributed by atoms with Gasteiger partial charge in [-0.1, -0.05) is 0 Å². The minimum atomic E-state index is -0.709. The van der Waals surface area contributed by atoms with E-state index < -0.39 is 12.1 Å². The average Bonchev–Trinajstić information content (AvgIpc) is 2.35. The van der Waals surface area contributed by atoms with E-state index in [4.69, 9.17) is 5.11 Å². The molecule has 1 fully saturated rings. The van der Waals surface area contributed by atoms with Crippen molar-refractivity contribution in [3.05, 3.63) is 0 Å². The summed E-state index contributed by atoms with van der Waals surface area (Å²) in [5.74, 6) is -0.566. The Morgan fingerprint density at radius 3 is 2.37 bits per heavy atom. The molecule has 6 nitrogen and oxygen atoms in total. The van der Waals surface area contributed by atoms with E-state index in [-0.39, 0.29) is 11.9 Å². The van der Waals surface area contributed by atoms with E-state index in [9.17, 15) is 14.7 Å². The highest BCUT2D eigenvalue weighted by Gasteiger charge is 2.26. The second-order valence-electron chi connectivity index (χ2n) is 5.47. The molecule has 0 aliphatic heterocycles. The van der Waals surface area contributed by atoms with E-state index in [0.29, 0.717) is 31.8 Å². The van der Waals surface area contributed by atoms with Crippen LogP contribution < -0.4 is 5.32 Å². The Morgan fingerprint density at radius 2 is 1.89 bits per heavy atom. The van der Waals surface area contributed by atoms with Crippen LogP contribution in [-0.4, -0.2) is 53.4 Å². The van der Waals surface area contributed by atoms with Gasteiger partial charge in [-0.15, -0.1) is 0 Å². The van der Waals surface area contributed by atoms with Crippen LogP contribution in [0.3, 0.4) is 0 Å². The third-order valence-electron chi connectivity index (χ3n) is 3.62. The third-order valence-corrected chi connectivity index (χ3v) is 3.62. The number of carboxylic acids is 1. The van der Waals surface area contributed by atoms with Crippen LogP contribution in [0.5, 0.6) is 0 Å². The normalized spacial score (nSPS) is 24.6. The number of carboxylic acid groups (broad SMARTS) is 1. The first kappa shape index (κ1) is 15.8. The number of aliphatic hydroxyl groups is 1. The molecule has 0 spiro atoms. The van der Waals surface area contributed by atoms with Gasteiger partial charge in [0.15, 0.2) is 0 Å². The highest BCUT2D eigenvalue weighted by Crippen LogP contribution is 2.28. The number of aliphatic carboxylic acids is 1. The Morgan fingerprint density at radius 1 is 1.32 bits per heavy atom. The molecule has 0 aromatic rings. The van der Waals surface area contributed by atoms with Gasteiger partial charge in [0.05, 0.1) is 12.0 Å². The third kappa shape index (κ3) is 5.46. The first-order valence-electron chi connectivity index (χ1n) is 6.80. The zero-order valence-electron chi connectivity index (χ0n) is 11.6. The quantitative estimate of drug-likeness (QED) is 0.693. The number of likely N-dealkylation sites (N-methyl/N-ethyl adjacent to an activating group) is 1. The summed E-state index contributed by atoms with van der Waals surface area (Å²) in [5, 5.41) is 20.9. The maximum absolute atomic E-state index is 11.7. The molecule has 0 saturated heterocycles. The first-order chi connectivity index (χ1) is 8.90. The summed E-state index contributed by atoms with van der Waals surface area (Å²) >= 11 is 0. The number of aliphatic hydroxyl groups excluding tert-OH is 1. The predicted molar refractivity (Wildman–Crippen MR) is 70.8 cm³/mol. The summed E-state index contributed by atoms with van der Waals surface area (Å²) < 4.78 is 0. The molecular formula is C13H24N2O4. The Balaban J connectivity index is 2.23. The Hall–Kier alpha value is -1.30.